The quantitative estimate of drug-likeness (QED) is 0.589. The molecule has 1 N–H and O–H groups in total. The van der Waals surface area contributed by atoms with Crippen LogP contribution in [0.2, 0.25) is 0 Å². The number of imidazole rings is 1. The number of nitrogens with one attached hydrogen (secondary N) is 1. The summed E-state index contributed by atoms with van der Waals surface area (Å²) < 4.78 is 1.47. The SMILES string of the molecule is Cc1ccc(CNc2nc3ccccn3c2[N+](=O)[O-])cc1. The second kappa shape index (κ2) is 5.24. The molecular weight excluding hydrogens is 268 g/mol. The molecule has 0 aliphatic carbocycles. The lowest BCUT2D eigenvalue weighted by Gasteiger charge is -2.04. The van der Waals surface area contributed by atoms with Gasteiger partial charge in [-0.15, -0.1) is 0 Å². The van der Waals surface area contributed by atoms with Gasteiger partial charge in [-0.1, -0.05) is 35.9 Å². The van der Waals surface area contributed by atoms with Crippen LogP contribution in [0, 0.1) is 17.0 Å². The fraction of sp³-hybridized carbons (Fsp3) is 0.133. The fourth-order valence-electron chi connectivity index (χ4n) is 2.17. The Bertz CT molecular complexity index is 793. The maximum Gasteiger partial charge on any atom is 0.372 e. The molecule has 0 saturated heterocycles. The number of nitrogens with zero attached hydrogens (tertiary/aromatic N) is 3. The van der Waals surface area contributed by atoms with Gasteiger partial charge in [0.15, 0.2) is 0 Å². The molecule has 21 heavy (non-hydrogen) atoms. The van der Waals surface area contributed by atoms with Crippen molar-refractivity contribution in [3.05, 3.63) is 69.9 Å². The first-order chi connectivity index (χ1) is 10.1. The van der Waals surface area contributed by atoms with Gasteiger partial charge in [0, 0.05) is 12.6 Å². The molecule has 0 radical (unpaired) electrons. The molecule has 6 heteroatoms. The van der Waals surface area contributed by atoms with Crippen molar-refractivity contribution in [3.63, 3.8) is 0 Å². The second-order valence-corrected chi connectivity index (χ2v) is 4.81. The van der Waals surface area contributed by atoms with Gasteiger partial charge in [0.2, 0.25) is 11.5 Å². The lowest BCUT2D eigenvalue weighted by Crippen LogP contribution is -2.03. The number of aromatic nitrogens is 2. The van der Waals surface area contributed by atoms with Crippen LogP contribution in [-0.4, -0.2) is 14.3 Å². The number of benzene rings is 1. The van der Waals surface area contributed by atoms with Crippen LogP contribution in [0.3, 0.4) is 0 Å². The molecule has 2 heterocycles. The highest BCUT2D eigenvalue weighted by molar-refractivity contribution is 5.62. The van der Waals surface area contributed by atoms with E-state index in [0.717, 1.165) is 5.56 Å². The number of nitro groups is 1. The van der Waals surface area contributed by atoms with Gasteiger partial charge in [0.25, 0.3) is 0 Å². The van der Waals surface area contributed by atoms with E-state index in [0.29, 0.717) is 12.2 Å². The smallest absolute Gasteiger partial charge is 0.359 e. The first-order valence-corrected chi connectivity index (χ1v) is 6.56. The number of aryl methyl sites for hydroxylation is 1. The molecule has 0 aliphatic rings. The number of fused-ring (bicyclic) bond motifs is 1. The van der Waals surface area contributed by atoms with Crippen LogP contribution >= 0.6 is 0 Å². The number of pyridine rings is 1. The predicted octanol–water partition coefficient (Wildman–Crippen LogP) is 3.16. The zero-order chi connectivity index (χ0) is 14.8. The Kier molecular flexibility index (Phi) is 3.27. The molecule has 0 atom stereocenters. The van der Waals surface area contributed by atoms with Gasteiger partial charge in [-0.25, -0.2) is 0 Å². The molecule has 0 saturated carbocycles. The average molecular weight is 282 g/mol. The molecule has 6 nitrogen and oxygen atoms in total. The Hall–Kier alpha value is -2.89. The summed E-state index contributed by atoms with van der Waals surface area (Å²) in [6.07, 6.45) is 1.64. The second-order valence-electron chi connectivity index (χ2n) is 4.81. The zero-order valence-electron chi connectivity index (χ0n) is 11.5. The van der Waals surface area contributed by atoms with E-state index in [1.54, 1.807) is 24.4 Å². The van der Waals surface area contributed by atoms with Gasteiger partial charge >= 0.3 is 5.82 Å². The zero-order valence-corrected chi connectivity index (χ0v) is 11.5. The summed E-state index contributed by atoms with van der Waals surface area (Å²) in [7, 11) is 0. The molecule has 0 unspecified atom stereocenters. The normalized spacial score (nSPS) is 10.7. The lowest BCUT2D eigenvalue weighted by atomic mass is 10.1. The third kappa shape index (κ3) is 2.55. The summed E-state index contributed by atoms with van der Waals surface area (Å²) in [6.45, 7) is 2.51. The van der Waals surface area contributed by atoms with Crippen LogP contribution in [0.1, 0.15) is 11.1 Å². The molecule has 2 aromatic heterocycles. The third-order valence-corrected chi connectivity index (χ3v) is 3.26. The van der Waals surface area contributed by atoms with E-state index in [-0.39, 0.29) is 11.6 Å². The van der Waals surface area contributed by atoms with E-state index < -0.39 is 4.92 Å². The van der Waals surface area contributed by atoms with Crippen LogP contribution < -0.4 is 5.32 Å². The maximum atomic E-state index is 11.3. The molecule has 0 spiro atoms. The van der Waals surface area contributed by atoms with Crippen molar-refractivity contribution in [2.24, 2.45) is 0 Å². The van der Waals surface area contributed by atoms with Crippen LogP contribution in [-0.2, 0) is 6.54 Å². The molecule has 0 aliphatic heterocycles. The van der Waals surface area contributed by atoms with Gasteiger partial charge in [-0.2, -0.15) is 9.38 Å². The van der Waals surface area contributed by atoms with Gasteiger partial charge in [0.1, 0.15) is 0 Å². The summed E-state index contributed by atoms with van der Waals surface area (Å²) in [4.78, 5) is 15.1. The monoisotopic (exact) mass is 282 g/mol. The topological polar surface area (TPSA) is 72.5 Å². The van der Waals surface area contributed by atoms with Crippen LogP contribution in [0.4, 0.5) is 11.6 Å². The molecule has 106 valence electrons. The van der Waals surface area contributed by atoms with E-state index >= 15 is 0 Å². The standard InChI is InChI=1S/C15H14N4O2/c1-11-5-7-12(8-6-11)10-16-14-15(19(20)21)18-9-3-2-4-13(18)17-14/h2-9,16H,10H2,1H3. The summed E-state index contributed by atoms with van der Waals surface area (Å²) in [5, 5.41) is 14.3. The molecular formula is C15H14N4O2. The van der Waals surface area contributed by atoms with Crippen molar-refractivity contribution < 1.29 is 4.92 Å². The van der Waals surface area contributed by atoms with Crippen LogP contribution in [0.5, 0.6) is 0 Å². The first-order valence-electron chi connectivity index (χ1n) is 6.56. The number of rotatable bonds is 4. The highest BCUT2D eigenvalue weighted by Crippen LogP contribution is 2.25. The lowest BCUT2D eigenvalue weighted by molar-refractivity contribution is -0.389. The van der Waals surface area contributed by atoms with Crippen molar-refractivity contribution in [3.8, 4) is 0 Å². The minimum absolute atomic E-state index is 0.0438. The molecule has 0 bridgehead atoms. The minimum atomic E-state index is -0.419. The van der Waals surface area contributed by atoms with Gasteiger partial charge in [0.05, 0.1) is 6.20 Å². The number of anilines is 1. The minimum Gasteiger partial charge on any atom is -0.359 e. The highest BCUT2D eigenvalue weighted by Gasteiger charge is 2.21. The Labute approximate surface area is 121 Å². The fourth-order valence-corrected chi connectivity index (χ4v) is 2.17. The molecule has 0 fully saturated rings. The number of hydrogen-bond donors (Lipinski definition) is 1. The van der Waals surface area contributed by atoms with Crippen molar-refractivity contribution in [1.82, 2.24) is 9.38 Å². The summed E-state index contributed by atoms with van der Waals surface area (Å²) in [6, 6.07) is 13.3. The van der Waals surface area contributed by atoms with Gasteiger partial charge in [-0.3, -0.25) is 0 Å². The Balaban J connectivity index is 1.91. The Morgan fingerprint density at radius 2 is 2.00 bits per heavy atom. The van der Waals surface area contributed by atoms with Crippen LogP contribution in [0.15, 0.2) is 48.7 Å². The Morgan fingerprint density at radius 3 is 2.71 bits per heavy atom. The summed E-state index contributed by atoms with van der Waals surface area (Å²) in [5.74, 6) is 0.240. The van der Waals surface area contributed by atoms with Gasteiger partial charge in [-0.05, 0) is 23.5 Å². The van der Waals surface area contributed by atoms with Crippen molar-refractivity contribution in [2.45, 2.75) is 13.5 Å². The van der Waals surface area contributed by atoms with Crippen LogP contribution in [0.25, 0.3) is 5.65 Å². The van der Waals surface area contributed by atoms with Crippen molar-refractivity contribution in [2.75, 3.05) is 5.32 Å². The number of hydrogen-bond acceptors (Lipinski definition) is 4. The van der Waals surface area contributed by atoms with E-state index in [4.69, 9.17) is 0 Å². The largest absolute Gasteiger partial charge is 0.372 e. The average Bonchev–Trinajstić information content (AvgIpc) is 2.85. The predicted molar refractivity (Wildman–Crippen MR) is 80.4 cm³/mol. The molecule has 3 rings (SSSR count). The van der Waals surface area contributed by atoms with E-state index in [1.807, 2.05) is 31.2 Å². The Morgan fingerprint density at radius 1 is 1.24 bits per heavy atom. The van der Waals surface area contributed by atoms with Crippen molar-refractivity contribution >= 4 is 17.3 Å². The maximum absolute atomic E-state index is 11.3. The summed E-state index contributed by atoms with van der Waals surface area (Å²) in [5.41, 5.74) is 2.78. The summed E-state index contributed by atoms with van der Waals surface area (Å²) >= 11 is 0. The first kappa shape index (κ1) is 13.1. The molecule has 0 amide bonds. The molecule has 1 aromatic carbocycles. The van der Waals surface area contributed by atoms with E-state index in [9.17, 15) is 10.1 Å². The molecule has 3 aromatic rings. The van der Waals surface area contributed by atoms with E-state index in [1.165, 1.54) is 9.96 Å². The highest BCUT2D eigenvalue weighted by atomic mass is 16.6. The third-order valence-electron chi connectivity index (χ3n) is 3.26. The van der Waals surface area contributed by atoms with Crippen molar-refractivity contribution in [1.29, 1.82) is 0 Å². The van der Waals surface area contributed by atoms with E-state index in [2.05, 4.69) is 10.3 Å². The van der Waals surface area contributed by atoms with Gasteiger partial charge < -0.3 is 15.4 Å².